The quantitative estimate of drug-likeness (QED) is 0.543. The molecule has 1 amide bonds. The number of nitrogens with one attached hydrogen (secondary N) is 1. The van der Waals surface area contributed by atoms with Crippen molar-refractivity contribution in [1.82, 2.24) is 9.62 Å². The summed E-state index contributed by atoms with van der Waals surface area (Å²) in [7, 11) is -3.50. The van der Waals surface area contributed by atoms with Crippen LogP contribution in [-0.2, 0) is 16.6 Å². The molecule has 1 aliphatic rings. The van der Waals surface area contributed by atoms with Crippen LogP contribution in [0.5, 0.6) is 0 Å². The summed E-state index contributed by atoms with van der Waals surface area (Å²) in [6.45, 7) is 1.20. The zero-order chi connectivity index (χ0) is 20.3. The molecule has 0 bridgehead atoms. The first-order valence-corrected chi connectivity index (χ1v) is 11.2. The van der Waals surface area contributed by atoms with Gasteiger partial charge in [-0.1, -0.05) is 18.0 Å². The molecule has 1 aromatic heterocycles. The zero-order valence-electron chi connectivity index (χ0n) is 14.8. The molecule has 1 fully saturated rings. The summed E-state index contributed by atoms with van der Waals surface area (Å²) < 4.78 is 27.1. The van der Waals surface area contributed by atoms with Gasteiger partial charge in [0.15, 0.2) is 0 Å². The highest BCUT2D eigenvalue weighted by Crippen LogP contribution is 2.27. The molecular formula is C17H18ClN3O5S2. The van der Waals surface area contributed by atoms with E-state index in [1.54, 1.807) is 12.1 Å². The van der Waals surface area contributed by atoms with Gasteiger partial charge >= 0.3 is 0 Å². The van der Waals surface area contributed by atoms with Crippen LogP contribution in [0.4, 0.5) is 5.69 Å². The van der Waals surface area contributed by atoms with E-state index in [-0.39, 0.29) is 27.0 Å². The fourth-order valence-corrected chi connectivity index (χ4v) is 6.12. The van der Waals surface area contributed by atoms with E-state index in [0.717, 1.165) is 36.7 Å². The molecule has 1 aliphatic heterocycles. The molecule has 1 aromatic carbocycles. The Morgan fingerprint density at radius 2 is 1.93 bits per heavy atom. The molecule has 0 unspecified atom stereocenters. The minimum atomic E-state index is -3.50. The second kappa shape index (κ2) is 8.56. The lowest BCUT2D eigenvalue weighted by atomic mass is 10.2. The molecule has 0 aliphatic carbocycles. The van der Waals surface area contributed by atoms with Crippen LogP contribution in [0.3, 0.4) is 0 Å². The summed E-state index contributed by atoms with van der Waals surface area (Å²) in [5, 5.41) is 13.4. The Hall–Kier alpha value is -2.01. The van der Waals surface area contributed by atoms with E-state index in [1.165, 1.54) is 16.4 Å². The predicted octanol–water partition coefficient (Wildman–Crippen LogP) is 3.41. The van der Waals surface area contributed by atoms with Gasteiger partial charge in [0.25, 0.3) is 21.6 Å². The van der Waals surface area contributed by atoms with Gasteiger partial charge < -0.3 is 5.32 Å². The van der Waals surface area contributed by atoms with Gasteiger partial charge in [0.1, 0.15) is 4.21 Å². The topological polar surface area (TPSA) is 110 Å². The molecule has 0 saturated carbocycles. The van der Waals surface area contributed by atoms with Crippen LogP contribution in [0.15, 0.2) is 34.5 Å². The Morgan fingerprint density at radius 3 is 2.57 bits per heavy atom. The number of carbonyl (C=O) groups is 1. The summed E-state index contributed by atoms with van der Waals surface area (Å²) >= 11 is 7.07. The number of nitro groups is 1. The fourth-order valence-electron chi connectivity index (χ4n) is 2.89. The summed E-state index contributed by atoms with van der Waals surface area (Å²) in [5.41, 5.74) is -0.0858. The number of hydrogen-bond donors (Lipinski definition) is 1. The van der Waals surface area contributed by atoms with Gasteiger partial charge in [0, 0.05) is 30.1 Å². The number of nitrogens with zero attached hydrogens (tertiary/aromatic N) is 2. The van der Waals surface area contributed by atoms with Crippen LogP contribution < -0.4 is 5.32 Å². The average Bonchev–Trinajstić information content (AvgIpc) is 3.16. The van der Waals surface area contributed by atoms with Gasteiger partial charge in [-0.3, -0.25) is 14.9 Å². The highest BCUT2D eigenvalue weighted by Gasteiger charge is 2.27. The monoisotopic (exact) mass is 443 g/mol. The number of benzene rings is 1. The first kappa shape index (κ1) is 20.7. The fraction of sp³-hybridized carbons (Fsp3) is 0.353. The molecular weight excluding hydrogens is 426 g/mol. The maximum absolute atomic E-state index is 12.7. The van der Waals surface area contributed by atoms with Crippen molar-refractivity contribution in [3.8, 4) is 0 Å². The lowest BCUT2D eigenvalue weighted by Gasteiger charge is -2.25. The Balaban J connectivity index is 1.66. The molecule has 150 valence electrons. The predicted molar refractivity (Wildman–Crippen MR) is 106 cm³/mol. The maximum Gasteiger partial charge on any atom is 0.270 e. The maximum atomic E-state index is 12.7. The second-order valence-corrected chi connectivity index (χ2v) is 10.0. The smallest absolute Gasteiger partial charge is 0.270 e. The number of piperidine rings is 1. The molecule has 1 saturated heterocycles. The summed E-state index contributed by atoms with van der Waals surface area (Å²) in [6, 6.07) is 6.82. The average molecular weight is 444 g/mol. The van der Waals surface area contributed by atoms with E-state index >= 15 is 0 Å². The van der Waals surface area contributed by atoms with Crippen molar-refractivity contribution >= 4 is 44.6 Å². The van der Waals surface area contributed by atoms with Gasteiger partial charge in [0.05, 0.1) is 22.1 Å². The number of halogens is 1. The molecule has 8 nitrogen and oxygen atoms in total. The van der Waals surface area contributed by atoms with Crippen LogP contribution >= 0.6 is 22.9 Å². The van der Waals surface area contributed by atoms with E-state index in [1.807, 2.05) is 0 Å². The molecule has 11 heteroatoms. The number of sulfonamides is 1. The van der Waals surface area contributed by atoms with E-state index in [0.29, 0.717) is 18.0 Å². The highest BCUT2D eigenvalue weighted by atomic mass is 35.5. The van der Waals surface area contributed by atoms with E-state index in [9.17, 15) is 23.3 Å². The first-order valence-electron chi connectivity index (χ1n) is 8.60. The van der Waals surface area contributed by atoms with Crippen LogP contribution in [-0.4, -0.2) is 36.6 Å². The minimum Gasteiger partial charge on any atom is -0.347 e. The standard InChI is InChI=1S/C17H18ClN3O5S2/c18-15-10-12(21(23)24)4-6-14(15)17(22)19-11-13-5-7-16(27-13)28(25,26)20-8-2-1-3-9-20/h4-7,10H,1-3,8-9,11H2,(H,19,22). The molecule has 0 spiro atoms. The molecule has 0 radical (unpaired) electrons. The van der Waals surface area contributed by atoms with Gasteiger partial charge in [-0.25, -0.2) is 8.42 Å². The molecule has 2 heterocycles. The van der Waals surface area contributed by atoms with Gasteiger partial charge in [-0.15, -0.1) is 11.3 Å². The van der Waals surface area contributed by atoms with E-state index in [2.05, 4.69) is 5.32 Å². The third kappa shape index (κ3) is 4.52. The lowest BCUT2D eigenvalue weighted by Crippen LogP contribution is -2.35. The Labute approximate surface area is 171 Å². The number of amides is 1. The summed E-state index contributed by atoms with van der Waals surface area (Å²) in [5.74, 6) is -0.492. The van der Waals surface area contributed by atoms with Crippen molar-refractivity contribution in [3.63, 3.8) is 0 Å². The number of thiophene rings is 1. The van der Waals surface area contributed by atoms with Crippen molar-refractivity contribution in [2.75, 3.05) is 13.1 Å². The number of carbonyl (C=O) groups excluding carboxylic acids is 1. The van der Waals surface area contributed by atoms with Crippen LogP contribution in [0, 0.1) is 10.1 Å². The largest absolute Gasteiger partial charge is 0.347 e. The van der Waals surface area contributed by atoms with Crippen molar-refractivity contribution in [2.24, 2.45) is 0 Å². The molecule has 28 heavy (non-hydrogen) atoms. The van der Waals surface area contributed by atoms with Crippen molar-refractivity contribution in [1.29, 1.82) is 0 Å². The van der Waals surface area contributed by atoms with Crippen molar-refractivity contribution < 1.29 is 18.1 Å². The van der Waals surface area contributed by atoms with E-state index < -0.39 is 20.9 Å². The SMILES string of the molecule is O=C(NCc1ccc(S(=O)(=O)N2CCCCC2)s1)c1ccc([N+](=O)[O-])cc1Cl. The first-order chi connectivity index (χ1) is 13.3. The van der Waals surface area contributed by atoms with E-state index in [4.69, 9.17) is 11.6 Å². The normalized spacial score (nSPS) is 15.3. The number of hydrogen-bond acceptors (Lipinski definition) is 6. The highest BCUT2D eigenvalue weighted by molar-refractivity contribution is 7.91. The van der Waals surface area contributed by atoms with Crippen molar-refractivity contribution in [2.45, 2.75) is 30.0 Å². The van der Waals surface area contributed by atoms with Crippen LogP contribution in [0.1, 0.15) is 34.5 Å². The zero-order valence-corrected chi connectivity index (χ0v) is 17.1. The summed E-state index contributed by atoms with van der Waals surface area (Å²) in [4.78, 5) is 23.1. The third-order valence-electron chi connectivity index (χ3n) is 4.38. The lowest BCUT2D eigenvalue weighted by molar-refractivity contribution is -0.384. The number of rotatable bonds is 6. The Bertz CT molecular complexity index is 1000. The van der Waals surface area contributed by atoms with Gasteiger partial charge in [0.2, 0.25) is 0 Å². The Morgan fingerprint density at radius 1 is 1.21 bits per heavy atom. The molecule has 0 atom stereocenters. The minimum absolute atomic E-state index is 0.0220. The number of nitro benzene ring substituents is 1. The molecule has 3 rings (SSSR count). The van der Waals surface area contributed by atoms with Crippen LogP contribution in [0.2, 0.25) is 5.02 Å². The van der Waals surface area contributed by atoms with Gasteiger partial charge in [-0.2, -0.15) is 4.31 Å². The molecule has 2 aromatic rings. The van der Waals surface area contributed by atoms with Crippen LogP contribution in [0.25, 0.3) is 0 Å². The van der Waals surface area contributed by atoms with Gasteiger partial charge in [-0.05, 0) is 31.0 Å². The Kier molecular flexibility index (Phi) is 6.33. The second-order valence-electron chi connectivity index (χ2n) is 6.29. The summed E-state index contributed by atoms with van der Waals surface area (Å²) in [6.07, 6.45) is 2.77. The molecule has 1 N–H and O–H groups in total. The third-order valence-corrected chi connectivity index (χ3v) is 8.14. The van der Waals surface area contributed by atoms with Crippen molar-refractivity contribution in [3.05, 3.63) is 55.9 Å². The number of non-ortho nitro benzene ring substituents is 1.